The van der Waals surface area contributed by atoms with Gasteiger partial charge in [0.15, 0.2) is 15.7 Å². The number of methoxy groups -OCH3 is 2. The summed E-state index contributed by atoms with van der Waals surface area (Å²) in [6.07, 6.45) is 1.97. The van der Waals surface area contributed by atoms with Crippen molar-refractivity contribution in [2.24, 2.45) is 0 Å². The van der Waals surface area contributed by atoms with Crippen molar-refractivity contribution in [3.05, 3.63) is 58.7 Å². The first-order valence-corrected chi connectivity index (χ1v) is 11.8. The smallest absolute Gasteiger partial charge is 0.253 e. The van der Waals surface area contributed by atoms with Crippen LogP contribution in [0, 0.1) is 0 Å². The fraction of sp³-hybridized carbons (Fsp3) is 0.250. The zero-order chi connectivity index (χ0) is 21.0. The van der Waals surface area contributed by atoms with Crippen LogP contribution in [0.4, 0.5) is 0 Å². The van der Waals surface area contributed by atoms with Gasteiger partial charge in [0.25, 0.3) is 10.0 Å². The van der Waals surface area contributed by atoms with E-state index in [0.29, 0.717) is 29.5 Å². The lowest BCUT2D eigenvalue weighted by atomic mass is 10.1. The van der Waals surface area contributed by atoms with E-state index in [1.807, 2.05) is 42.5 Å². The first-order chi connectivity index (χ1) is 13.8. The van der Waals surface area contributed by atoms with Gasteiger partial charge in [-0.15, -0.1) is 11.3 Å². The van der Waals surface area contributed by atoms with Crippen LogP contribution in [0.15, 0.2) is 57.3 Å². The number of hydrogen-bond donors (Lipinski definition) is 0. The summed E-state index contributed by atoms with van der Waals surface area (Å²) in [6, 6.07) is 13.2. The summed E-state index contributed by atoms with van der Waals surface area (Å²) < 4.78 is 38.9. The van der Waals surface area contributed by atoms with Crippen LogP contribution in [0.3, 0.4) is 0 Å². The van der Waals surface area contributed by atoms with Crippen LogP contribution in [0.25, 0.3) is 10.6 Å². The highest BCUT2D eigenvalue weighted by Crippen LogP contribution is 2.31. The molecule has 0 aliphatic carbocycles. The van der Waals surface area contributed by atoms with E-state index in [-0.39, 0.29) is 4.21 Å². The number of sulfonamides is 1. The number of likely N-dealkylation sites (N-methyl/N-ethyl adjacent to an activating group) is 1. The Hall–Kier alpha value is -1.94. The van der Waals surface area contributed by atoms with E-state index in [4.69, 9.17) is 9.47 Å². The average molecular weight is 497 g/mol. The number of ether oxygens (including phenoxy) is 2. The maximum absolute atomic E-state index is 12.9. The molecule has 154 valence electrons. The number of halogens is 1. The summed E-state index contributed by atoms with van der Waals surface area (Å²) in [5, 5.41) is 0.671. The maximum Gasteiger partial charge on any atom is 0.253 e. The predicted octanol–water partition coefficient (Wildman–Crippen LogP) is 4.45. The summed E-state index contributed by atoms with van der Waals surface area (Å²) in [6.45, 7) is 0.337. The van der Waals surface area contributed by atoms with Gasteiger partial charge in [-0.2, -0.15) is 4.31 Å². The molecular formula is C20H21BrN2O4S2. The molecule has 0 aliphatic rings. The number of benzene rings is 2. The SMILES string of the molecule is COc1ccc(CCN(C)S(=O)(=O)c2cnc(-c3ccc(Br)cc3)s2)cc1OC. The second-order valence-electron chi connectivity index (χ2n) is 6.26. The summed E-state index contributed by atoms with van der Waals surface area (Å²) in [5.74, 6) is 1.26. The standard InChI is InChI=1S/C20H21BrN2O4S2/c1-23(11-10-14-4-9-17(26-2)18(12-14)27-3)29(24,25)19-13-22-20(28-19)15-5-7-16(21)8-6-15/h4-9,12-13H,10-11H2,1-3H3. The summed E-state index contributed by atoms with van der Waals surface area (Å²) in [7, 11) is 1.12. The van der Waals surface area contributed by atoms with E-state index >= 15 is 0 Å². The molecule has 2 aromatic carbocycles. The van der Waals surface area contributed by atoms with Gasteiger partial charge in [0.05, 0.1) is 20.4 Å². The third-order valence-corrected chi connectivity index (χ3v) is 8.27. The molecule has 9 heteroatoms. The van der Waals surface area contributed by atoms with Gasteiger partial charge in [0, 0.05) is 23.6 Å². The third-order valence-electron chi connectivity index (χ3n) is 4.40. The quantitative estimate of drug-likeness (QED) is 0.460. The molecule has 0 N–H and O–H groups in total. The first kappa shape index (κ1) is 21.8. The fourth-order valence-electron chi connectivity index (χ4n) is 2.70. The lowest BCUT2D eigenvalue weighted by molar-refractivity contribution is 0.354. The Morgan fingerprint density at radius 3 is 2.41 bits per heavy atom. The van der Waals surface area contributed by atoms with E-state index in [2.05, 4.69) is 20.9 Å². The Morgan fingerprint density at radius 2 is 1.76 bits per heavy atom. The molecule has 0 aliphatic heterocycles. The molecule has 0 fully saturated rings. The highest BCUT2D eigenvalue weighted by atomic mass is 79.9. The van der Waals surface area contributed by atoms with Crippen molar-refractivity contribution in [1.82, 2.24) is 9.29 Å². The zero-order valence-corrected chi connectivity index (χ0v) is 19.5. The summed E-state index contributed by atoms with van der Waals surface area (Å²) in [5.41, 5.74) is 1.84. The van der Waals surface area contributed by atoms with Crippen LogP contribution >= 0.6 is 27.3 Å². The predicted molar refractivity (Wildman–Crippen MR) is 118 cm³/mol. The zero-order valence-electron chi connectivity index (χ0n) is 16.3. The normalized spacial score (nSPS) is 11.6. The van der Waals surface area contributed by atoms with Gasteiger partial charge in [-0.25, -0.2) is 13.4 Å². The number of hydrogen-bond acceptors (Lipinski definition) is 6. The molecule has 1 aromatic heterocycles. The van der Waals surface area contributed by atoms with E-state index in [1.165, 1.54) is 21.8 Å². The van der Waals surface area contributed by atoms with Crippen LogP contribution < -0.4 is 9.47 Å². The minimum absolute atomic E-state index is 0.227. The first-order valence-electron chi connectivity index (χ1n) is 8.74. The molecular weight excluding hydrogens is 476 g/mol. The minimum atomic E-state index is -3.61. The molecule has 3 rings (SSSR count). The highest BCUT2D eigenvalue weighted by molar-refractivity contribution is 9.10. The Kier molecular flexibility index (Phi) is 6.94. The van der Waals surface area contributed by atoms with Crippen molar-refractivity contribution in [3.63, 3.8) is 0 Å². The molecule has 0 bridgehead atoms. The molecule has 0 atom stereocenters. The van der Waals surface area contributed by atoms with Gasteiger partial charge in [-0.05, 0) is 36.2 Å². The number of aromatic nitrogens is 1. The molecule has 0 saturated carbocycles. The number of nitrogens with zero attached hydrogens (tertiary/aromatic N) is 2. The summed E-state index contributed by atoms with van der Waals surface area (Å²) in [4.78, 5) is 4.29. The second kappa shape index (κ2) is 9.25. The molecule has 29 heavy (non-hydrogen) atoms. The van der Waals surface area contributed by atoms with Crippen LogP contribution in [-0.2, 0) is 16.4 Å². The Bertz CT molecular complexity index is 1080. The van der Waals surface area contributed by atoms with E-state index in [9.17, 15) is 8.42 Å². The van der Waals surface area contributed by atoms with E-state index < -0.39 is 10.0 Å². The van der Waals surface area contributed by atoms with Gasteiger partial charge >= 0.3 is 0 Å². The van der Waals surface area contributed by atoms with E-state index in [0.717, 1.165) is 15.6 Å². The molecule has 0 spiro atoms. The van der Waals surface area contributed by atoms with Crippen molar-refractivity contribution < 1.29 is 17.9 Å². The minimum Gasteiger partial charge on any atom is -0.493 e. The topological polar surface area (TPSA) is 68.7 Å². The molecule has 0 amide bonds. The van der Waals surface area contributed by atoms with Crippen molar-refractivity contribution in [1.29, 1.82) is 0 Å². The number of rotatable bonds is 8. The van der Waals surface area contributed by atoms with Crippen LogP contribution in [-0.4, -0.2) is 45.5 Å². The van der Waals surface area contributed by atoms with Crippen LogP contribution in [0.5, 0.6) is 11.5 Å². The monoisotopic (exact) mass is 496 g/mol. The molecule has 0 saturated heterocycles. The van der Waals surface area contributed by atoms with Crippen LogP contribution in [0.1, 0.15) is 5.56 Å². The number of thiazole rings is 1. The molecule has 6 nitrogen and oxygen atoms in total. The fourth-order valence-corrected chi connectivity index (χ4v) is 5.49. The second-order valence-corrected chi connectivity index (χ2v) is 10.5. The lowest BCUT2D eigenvalue weighted by Gasteiger charge is -2.16. The Morgan fingerprint density at radius 1 is 1.07 bits per heavy atom. The van der Waals surface area contributed by atoms with Crippen LogP contribution in [0.2, 0.25) is 0 Å². The van der Waals surface area contributed by atoms with Crippen molar-refractivity contribution in [2.45, 2.75) is 10.6 Å². The largest absolute Gasteiger partial charge is 0.493 e. The van der Waals surface area contributed by atoms with Crippen molar-refractivity contribution >= 4 is 37.3 Å². The summed E-state index contributed by atoms with van der Waals surface area (Å²) >= 11 is 4.56. The lowest BCUT2D eigenvalue weighted by Crippen LogP contribution is -2.28. The highest BCUT2D eigenvalue weighted by Gasteiger charge is 2.24. The molecule has 1 heterocycles. The average Bonchev–Trinajstić information content (AvgIpc) is 3.23. The van der Waals surface area contributed by atoms with Gasteiger partial charge in [-0.1, -0.05) is 34.1 Å². The Balaban J connectivity index is 1.72. The Labute approximate surface area is 183 Å². The van der Waals surface area contributed by atoms with E-state index in [1.54, 1.807) is 21.3 Å². The molecule has 0 unspecified atom stereocenters. The van der Waals surface area contributed by atoms with Crippen molar-refractivity contribution in [3.8, 4) is 22.1 Å². The van der Waals surface area contributed by atoms with Gasteiger partial charge < -0.3 is 9.47 Å². The van der Waals surface area contributed by atoms with Crippen molar-refractivity contribution in [2.75, 3.05) is 27.8 Å². The van der Waals surface area contributed by atoms with Gasteiger partial charge in [-0.3, -0.25) is 0 Å². The molecule has 0 radical (unpaired) electrons. The molecule has 3 aromatic rings. The maximum atomic E-state index is 12.9. The van der Waals surface area contributed by atoms with Gasteiger partial charge in [0.1, 0.15) is 5.01 Å². The van der Waals surface area contributed by atoms with Gasteiger partial charge in [0.2, 0.25) is 0 Å². The third kappa shape index (κ3) is 4.98.